The molecule has 0 amide bonds. The zero-order valence-electron chi connectivity index (χ0n) is 11.1. The van der Waals surface area contributed by atoms with E-state index in [2.05, 4.69) is 20.3 Å². The van der Waals surface area contributed by atoms with Gasteiger partial charge in [0, 0.05) is 24.9 Å². The molecule has 2 N–H and O–H groups in total. The molecule has 0 saturated carbocycles. The van der Waals surface area contributed by atoms with Gasteiger partial charge in [-0.05, 0) is 18.1 Å². The quantitative estimate of drug-likeness (QED) is 0.554. The van der Waals surface area contributed by atoms with Crippen LogP contribution in [-0.4, -0.2) is 26.4 Å². The standard InChI is InChI=1S/C14H13N5O2/c20-19(21)11-3-1-10(2-4-11)5-7-15-13-12-6-8-16-14(12)18-9-17-13/h1-4,6,8-9H,5,7H2,(H2,15,16,17,18). The maximum atomic E-state index is 10.6. The number of rotatable bonds is 5. The first-order chi connectivity index (χ1) is 10.2. The molecule has 7 heteroatoms. The van der Waals surface area contributed by atoms with Crippen molar-refractivity contribution in [3.63, 3.8) is 0 Å². The topological polar surface area (TPSA) is 96.7 Å². The normalized spacial score (nSPS) is 10.7. The Kier molecular flexibility index (Phi) is 3.46. The molecular weight excluding hydrogens is 270 g/mol. The molecule has 0 saturated heterocycles. The largest absolute Gasteiger partial charge is 0.369 e. The fraction of sp³-hybridized carbons (Fsp3) is 0.143. The van der Waals surface area contributed by atoms with Crippen molar-refractivity contribution in [2.75, 3.05) is 11.9 Å². The van der Waals surface area contributed by atoms with Gasteiger partial charge < -0.3 is 10.3 Å². The Morgan fingerprint density at radius 2 is 2.00 bits per heavy atom. The number of benzene rings is 1. The molecular formula is C14H13N5O2. The van der Waals surface area contributed by atoms with E-state index in [0.29, 0.717) is 6.54 Å². The highest BCUT2D eigenvalue weighted by Gasteiger charge is 2.05. The van der Waals surface area contributed by atoms with Gasteiger partial charge in [0.1, 0.15) is 17.8 Å². The molecule has 2 aromatic heterocycles. The van der Waals surface area contributed by atoms with E-state index >= 15 is 0 Å². The highest BCUT2D eigenvalue weighted by Crippen LogP contribution is 2.17. The molecule has 0 unspecified atom stereocenters. The van der Waals surface area contributed by atoms with E-state index in [4.69, 9.17) is 0 Å². The number of anilines is 1. The third-order valence-corrected chi connectivity index (χ3v) is 3.21. The number of nitro benzene ring substituents is 1. The predicted molar refractivity (Wildman–Crippen MR) is 79.2 cm³/mol. The molecule has 3 rings (SSSR count). The Balaban J connectivity index is 1.63. The van der Waals surface area contributed by atoms with Crippen LogP contribution in [0.3, 0.4) is 0 Å². The number of fused-ring (bicyclic) bond motifs is 1. The summed E-state index contributed by atoms with van der Waals surface area (Å²) < 4.78 is 0. The molecule has 21 heavy (non-hydrogen) atoms. The third kappa shape index (κ3) is 2.81. The Bertz CT molecular complexity index is 766. The van der Waals surface area contributed by atoms with Gasteiger partial charge in [-0.1, -0.05) is 12.1 Å². The highest BCUT2D eigenvalue weighted by atomic mass is 16.6. The lowest BCUT2D eigenvalue weighted by atomic mass is 10.1. The SMILES string of the molecule is O=[N+]([O-])c1ccc(CCNc2ncnc3[nH]ccc23)cc1. The van der Waals surface area contributed by atoms with Crippen molar-refractivity contribution in [3.05, 3.63) is 58.5 Å². The minimum atomic E-state index is -0.397. The summed E-state index contributed by atoms with van der Waals surface area (Å²) in [6, 6.07) is 8.50. The Morgan fingerprint density at radius 3 is 2.76 bits per heavy atom. The fourth-order valence-corrected chi connectivity index (χ4v) is 2.12. The summed E-state index contributed by atoms with van der Waals surface area (Å²) in [5, 5.41) is 14.8. The second-order valence-corrected chi connectivity index (χ2v) is 4.56. The number of H-pyrrole nitrogens is 1. The molecule has 0 atom stereocenters. The number of hydrogen-bond donors (Lipinski definition) is 2. The number of nitrogens with one attached hydrogen (secondary N) is 2. The number of nitro groups is 1. The molecule has 0 radical (unpaired) electrons. The van der Waals surface area contributed by atoms with Crippen molar-refractivity contribution in [2.24, 2.45) is 0 Å². The van der Waals surface area contributed by atoms with Crippen LogP contribution in [0.4, 0.5) is 11.5 Å². The monoisotopic (exact) mass is 283 g/mol. The van der Waals surface area contributed by atoms with Crippen molar-refractivity contribution >= 4 is 22.5 Å². The molecule has 0 aliphatic carbocycles. The minimum absolute atomic E-state index is 0.108. The molecule has 2 heterocycles. The number of non-ortho nitro benzene ring substituents is 1. The molecule has 106 valence electrons. The van der Waals surface area contributed by atoms with E-state index in [1.54, 1.807) is 12.1 Å². The van der Waals surface area contributed by atoms with Gasteiger partial charge in [0.25, 0.3) is 5.69 Å². The summed E-state index contributed by atoms with van der Waals surface area (Å²) in [5.74, 6) is 0.781. The zero-order chi connectivity index (χ0) is 14.7. The summed E-state index contributed by atoms with van der Waals surface area (Å²) in [6.45, 7) is 0.690. The maximum Gasteiger partial charge on any atom is 0.269 e. The smallest absolute Gasteiger partial charge is 0.269 e. The molecule has 0 aliphatic heterocycles. The van der Waals surface area contributed by atoms with Gasteiger partial charge in [-0.15, -0.1) is 0 Å². The van der Waals surface area contributed by atoms with Gasteiger partial charge in [0.2, 0.25) is 0 Å². The van der Waals surface area contributed by atoms with Gasteiger partial charge in [-0.3, -0.25) is 10.1 Å². The molecule has 7 nitrogen and oxygen atoms in total. The van der Waals surface area contributed by atoms with E-state index < -0.39 is 4.92 Å². The third-order valence-electron chi connectivity index (χ3n) is 3.21. The summed E-state index contributed by atoms with van der Waals surface area (Å²) in [7, 11) is 0. The van der Waals surface area contributed by atoms with E-state index in [-0.39, 0.29) is 5.69 Å². The summed E-state index contributed by atoms with van der Waals surface area (Å²) in [6.07, 6.45) is 4.09. The maximum absolute atomic E-state index is 10.6. The van der Waals surface area contributed by atoms with Crippen LogP contribution < -0.4 is 5.32 Å². The van der Waals surface area contributed by atoms with Crippen LogP contribution in [0.25, 0.3) is 11.0 Å². The highest BCUT2D eigenvalue weighted by molar-refractivity contribution is 5.86. The second-order valence-electron chi connectivity index (χ2n) is 4.56. The first-order valence-electron chi connectivity index (χ1n) is 6.49. The lowest BCUT2D eigenvalue weighted by Gasteiger charge is -2.06. The first-order valence-corrected chi connectivity index (χ1v) is 6.49. The van der Waals surface area contributed by atoms with Crippen molar-refractivity contribution in [3.8, 4) is 0 Å². The van der Waals surface area contributed by atoms with Crippen LogP contribution in [0.2, 0.25) is 0 Å². The van der Waals surface area contributed by atoms with E-state index in [9.17, 15) is 10.1 Å². The van der Waals surface area contributed by atoms with E-state index in [0.717, 1.165) is 28.8 Å². The average molecular weight is 283 g/mol. The first kappa shape index (κ1) is 13.0. The summed E-state index contributed by atoms with van der Waals surface area (Å²) in [5.41, 5.74) is 1.94. The van der Waals surface area contributed by atoms with Gasteiger partial charge in [0.15, 0.2) is 0 Å². The van der Waals surface area contributed by atoms with Crippen LogP contribution in [-0.2, 0) is 6.42 Å². The lowest BCUT2D eigenvalue weighted by molar-refractivity contribution is -0.384. The molecule has 0 bridgehead atoms. The fourth-order valence-electron chi connectivity index (χ4n) is 2.12. The summed E-state index contributed by atoms with van der Waals surface area (Å²) >= 11 is 0. The van der Waals surface area contributed by atoms with Crippen LogP contribution in [0.5, 0.6) is 0 Å². The zero-order valence-corrected chi connectivity index (χ0v) is 11.1. The minimum Gasteiger partial charge on any atom is -0.369 e. The molecule has 0 spiro atoms. The number of hydrogen-bond acceptors (Lipinski definition) is 5. The number of aromatic amines is 1. The van der Waals surface area contributed by atoms with Gasteiger partial charge in [-0.25, -0.2) is 9.97 Å². The summed E-state index contributed by atoms with van der Waals surface area (Å²) in [4.78, 5) is 21.6. The molecule has 0 aliphatic rings. The van der Waals surface area contributed by atoms with Crippen molar-refractivity contribution < 1.29 is 4.92 Å². The number of aromatic nitrogens is 3. The lowest BCUT2D eigenvalue weighted by Crippen LogP contribution is -2.06. The van der Waals surface area contributed by atoms with Crippen LogP contribution in [0.1, 0.15) is 5.56 Å². The Hall–Kier alpha value is -2.96. The van der Waals surface area contributed by atoms with E-state index in [1.807, 2.05) is 12.3 Å². The van der Waals surface area contributed by atoms with Crippen molar-refractivity contribution in [1.82, 2.24) is 15.0 Å². The van der Waals surface area contributed by atoms with Gasteiger partial charge in [0.05, 0.1) is 10.3 Å². The van der Waals surface area contributed by atoms with Gasteiger partial charge in [-0.2, -0.15) is 0 Å². The second kappa shape index (κ2) is 5.58. The Morgan fingerprint density at radius 1 is 1.19 bits per heavy atom. The molecule has 0 fully saturated rings. The van der Waals surface area contributed by atoms with E-state index in [1.165, 1.54) is 18.5 Å². The number of nitrogens with zero attached hydrogens (tertiary/aromatic N) is 3. The van der Waals surface area contributed by atoms with Gasteiger partial charge >= 0.3 is 0 Å². The Labute approximate surface area is 120 Å². The molecule has 3 aromatic rings. The van der Waals surface area contributed by atoms with Crippen LogP contribution >= 0.6 is 0 Å². The molecule has 1 aromatic carbocycles. The van der Waals surface area contributed by atoms with Crippen molar-refractivity contribution in [1.29, 1.82) is 0 Å². The van der Waals surface area contributed by atoms with Crippen LogP contribution in [0, 0.1) is 10.1 Å². The van der Waals surface area contributed by atoms with Crippen molar-refractivity contribution in [2.45, 2.75) is 6.42 Å². The van der Waals surface area contributed by atoms with Crippen LogP contribution in [0.15, 0.2) is 42.9 Å². The predicted octanol–water partition coefficient (Wildman–Crippen LogP) is 2.52. The average Bonchev–Trinajstić information content (AvgIpc) is 2.97.